The predicted molar refractivity (Wildman–Crippen MR) is 96.2 cm³/mol. The second-order valence-corrected chi connectivity index (χ2v) is 7.01. The summed E-state index contributed by atoms with van der Waals surface area (Å²) >= 11 is 0. The molecule has 1 aromatic carbocycles. The van der Waals surface area contributed by atoms with Gasteiger partial charge in [0.05, 0.1) is 11.1 Å². The lowest BCUT2D eigenvalue weighted by atomic mass is 10.0. The summed E-state index contributed by atoms with van der Waals surface area (Å²) in [6.07, 6.45) is -9.72. The number of carbonyl (C=O) groups is 2. The summed E-state index contributed by atoms with van der Waals surface area (Å²) in [5, 5.41) is 2.20. The highest BCUT2D eigenvalue weighted by molar-refractivity contribution is 5.94. The van der Waals surface area contributed by atoms with Crippen molar-refractivity contribution >= 4 is 18.0 Å². The molecule has 0 saturated carbocycles. The first-order chi connectivity index (χ1) is 14.3. The van der Waals surface area contributed by atoms with E-state index < -0.39 is 47.5 Å². The van der Waals surface area contributed by atoms with Gasteiger partial charge in [0.25, 0.3) is 11.5 Å². The first-order valence-corrected chi connectivity index (χ1v) is 8.86. The quantitative estimate of drug-likeness (QED) is 0.576. The number of alkyl halides is 6. The Hall–Kier alpha value is -3.31. The molecule has 2 aromatic rings. The Morgan fingerprint density at radius 1 is 1.03 bits per heavy atom. The second kappa shape index (κ2) is 7.75. The van der Waals surface area contributed by atoms with Crippen LogP contribution in [-0.4, -0.2) is 27.8 Å². The molecule has 31 heavy (non-hydrogen) atoms. The Labute approximate surface area is 171 Å². The fourth-order valence-corrected chi connectivity index (χ4v) is 3.36. The molecule has 0 saturated heterocycles. The van der Waals surface area contributed by atoms with E-state index >= 15 is 0 Å². The lowest BCUT2D eigenvalue weighted by Gasteiger charge is -2.35. The van der Waals surface area contributed by atoms with Gasteiger partial charge in [0.2, 0.25) is 6.41 Å². The lowest BCUT2D eigenvalue weighted by Crippen LogP contribution is -2.49. The lowest BCUT2D eigenvalue weighted by molar-refractivity contribution is -0.143. The van der Waals surface area contributed by atoms with Crippen LogP contribution in [0.5, 0.6) is 0 Å². The Morgan fingerprint density at radius 2 is 1.61 bits per heavy atom. The average Bonchev–Trinajstić information content (AvgIpc) is 2.66. The van der Waals surface area contributed by atoms with Crippen molar-refractivity contribution < 1.29 is 35.9 Å². The van der Waals surface area contributed by atoms with Crippen molar-refractivity contribution in [2.24, 2.45) is 0 Å². The minimum atomic E-state index is -5.00. The first-order valence-electron chi connectivity index (χ1n) is 8.86. The van der Waals surface area contributed by atoms with Crippen LogP contribution >= 0.6 is 0 Å². The van der Waals surface area contributed by atoms with Gasteiger partial charge >= 0.3 is 12.4 Å². The minimum absolute atomic E-state index is 0.0153. The van der Waals surface area contributed by atoms with E-state index in [2.05, 4.69) is 5.32 Å². The molecule has 1 aromatic heterocycles. The highest BCUT2D eigenvalue weighted by Gasteiger charge is 2.38. The largest absolute Gasteiger partial charge is 0.416 e. The van der Waals surface area contributed by atoms with Crippen LogP contribution in [-0.2, 0) is 30.2 Å². The van der Waals surface area contributed by atoms with Crippen molar-refractivity contribution in [2.45, 2.75) is 38.4 Å². The molecule has 1 atom stereocenters. The summed E-state index contributed by atoms with van der Waals surface area (Å²) in [5.41, 5.74) is -4.12. The van der Waals surface area contributed by atoms with Crippen LogP contribution in [0.2, 0.25) is 0 Å². The number of nitrogens with one attached hydrogen (secondary N) is 1. The van der Waals surface area contributed by atoms with E-state index in [1.54, 1.807) is 0 Å². The number of aromatic nitrogens is 1. The van der Waals surface area contributed by atoms with Gasteiger partial charge in [-0.05, 0) is 42.8 Å². The SMILES string of the molecule is CC1Cn2c(ccc(NC=O)c2=O)C(=O)N1Cc1cc(C(F)(F)F)cc(C(F)(F)F)c1. The van der Waals surface area contributed by atoms with Gasteiger partial charge in [0, 0.05) is 19.1 Å². The maximum atomic E-state index is 13.1. The van der Waals surface area contributed by atoms with Gasteiger partial charge in [0.1, 0.15) is 11.4 Å². The number of fused-ring (bicyclic) bond motifs is 1. The topological polar surface area (TPSA) is 71.4 Å². The van der Waals surface area contributed by atoms with Gasteiger partial charge in [-0.15, -0.1) is 0 Å². The first kappa shape index (κ1) is 22.4. The van der Waals surface area contributed by atoms with E-state index in [4.69, 9.17) is 0 Å². The Bertz CT molecular complexity index is 1060. The number of pyridine rings is 1. The third-order valence-corrected chi connectivity index (χ3v) is 4.85. The molecule has 0 fully saturated rings. The highest BCUT2D eigenvalue weighted by Crippen LogP contribution is 2.37. The molecule has 0 radical (unpaired) electrons. The minimum Gasteiger partial charge on any atom is -0.329 e. The van der Waals surface area contributed by atoms with E-state index in [9.17, 15) is 40.7 Å². The molecule has 1 aliphatic rings. The molecule has 0 bridgehead atoms. The zero-order valence-electron chi connectivity index (χ0n) is 15.8. The number of rotatable bonds is 4. The van der Waals surface area contributed by atoms with Gasteiger partial charge in [-0.1, -0.05) is 0 Å². The molecule has 6 nitrogen and oxygen atoms in total. The van der Waals surface area contributed by atoms with Crippen molar-refractivity contribution in [3.63, 3.8) is 0 Å². The normalized spacial score (nSPS) is 16.8. The summed E-state index contributed by atoms with van der Waals surface area (Å²) in [5.74, 6) is -0.737. The van der Waals surface area contributed by atoms with Crippen LogP contribution < -0.4 is 10.9 Å². The molecule has 12 heteroatoms. The van der Waals surface area contributed by atoms with Crippen molar-refractivity contribution in [1.29, 1.82) is 0 Å². The number of hydrogen-bond acceptors (Lipinski definition) is 3. The van der Waals surface area contributed by atoms with Crippen LogP contribution in [0.25, 0.3) is 0 Å². The summed E-state index contributed by atoms with van der Waals surface area (Å²) in [6.45, 7) is 0.931. The number of nitrogens with zero attached hydrogens (tertiary/aromatic N) is 2. The van der Waals surface area contributed by atoms with Gasteiger partial charge in [-0.2, -0.15) is 26.3 Å². The summed E-state index contributed by atoms with van der Waals surface area (Å²) in [4.78, 5) is 36.9. The second-order valence-electron chi connectivity index (χ2n) is 7.01. The Kier molecular flexibility index (Phi) is 5.59. The number of carbonyl (C=O) groups excluding carboxylic acids is 2. The number of halogens is 6. The molecule has 3 rings (SSSR count). The fourth-order valence-electron chi connectivity index (χ4n) is 3.36. The molecule has 1 N–H and O–H groups in total. The van der Waals surface area contributed by atoms with Crippen molar-refractivity contribution in [3.8, 4) is 0 Å². The molecule has 2 amide bonds. The smallest absolute Gasteiger partial charge is 0.329 e. The number of benzene rings is 1. The summed E-state index contributed by atoms with van der Waals surface area (Å²) in [7, 11) is 0. The fraction of sp³-hybridized carbons (Fsp3) is 0.316. The molecular formula is C19H15F6N3O3. The molecule has 166 valence electrons. The van der Waals surface area contributed by atoms with Crippen LogP contribution in [0.3, 0.4) is 0 Å². The van der Waals surface area contributed by atoms with E-state index in [0.29, 0.717) is 12.1 Å². The Morgan fingerprint density at radius 3 is 2.13 bits per heavy atom. The van der Waals surface area contributed by atoms with Gasteiger partial charge in [-0.25, -0.2) is 0 Å². The molecule has 1 unspecified atom stereocenters. The van der Waals surface area contributed by atoms with E-state index in [-0.39, 0.29) is 36.0 Å². The maximum absolute atomic E-state index is 13.1. The molecular weight excluding hydrogens is 432 g/mol. The van der Waals surface area contributed by atoms with Crippen LogP contribution in [0.1, 0.15) is 34.1 Å². The van der Waals surface area contributed by atoms with Crippen LogP contribution in [0, 0.1) is 0 Å². The Balaban J connectivity index is 2.00. The van der Waals surface area contributed by atoms with Gasteiger partial charge in [0.15, 0.2) is 0 Å². The monoisotopic (exact) mass is 447 g/mol. The average molecular weight is 447 g/mol. The van der Waals surface area contributed by atoms with E-state index in [1.165, 1.54) is 19.1 Å². The van der Waals surface area contributed by atoms with Crippen LogP contribution in [0.15, 0.2) is 35.1 Å². The van der Waals surface area contributed by atoms with Crippen molar-refractivity contribution in [2.75, 3.05) is 5.32 Å². The van der Waals surface area contributed by atoms with Crippen LogP contribution in [0.4, 0.5) is 32.0 Å². The summed E-state index contributed by atoms with van der Waals surface area (Å²) < 4.78 is 79.7. The predicted octanol–water partition coefficient (Wildman–Crippen LogP) is 3.50. The molecule has 1 aliphatic heterocycles. The number of hydrogen-bond donors (Lipinski definition) is 1. The highest BCUT2D eigenvalue weighted by atomic mass is 19.4. The number of anilines is 1. The number of amides is 2. The van der Waals surface area contributed by atoms with Gasteiger partial charge < -0.3 is 14.8 Å². The van der Waals surface area contributed by atoms with Crippen molar-refractivity contribution in [1.82, 2.24) is 9.47 Å². The molecule has 0 aliphatic carbocycles. The van der Waals surface area contributed by atoms with Gasteiger partial charge in [-0.3, -0.25) is 14.4 Å². The zero-order valence-corrected chi connectivity index (χ0v) is 15.8. The van der Waals surface area contributed by atoms with E-state index in [1.807, 2.05) is 0 Å². The molecule has 0 spiro atoms. The maximum Gasteiger partial charge on any atom is 0.416 e. The third-order valence-electron chi connectivity index (χ3n) is 4.85. The summed E-state index contributed by atoms with van der Waals surface area (Å²) in [6, 6.07) is 2.87. The standard InChI is InChI=1S/C19H15F6N3O3/c1-10-7-28-15(3-2-14(16(28)30)26-9-29)17(31)27(10)8-11-4-12(18(20,21)22)6-13(5-11)19(23,24)25/h2-6,9-10H,7-8H2,1H3,(H,26,29). The van der Waals surface area contributed by atoms with E-state index in [0.717, 1.165) is 9.47 Å². The molecule has 2 heterocycles. The third kappa shape index (κ3) is 4.42. The van der Waals surface area contributed by atoms with Crippen molar-refractivity contribution in [3.05, 3.63) is 63.1 Å². The zero-order chi connectivity index (χ0) is 23.1.